The van der Waals surface area contributed by atoms with Crippen molar-refractivity contribution in [2.45, 2.75) is 0 Å². The van der Waals surface area contributed by atoms with Crippen molar-refractivity contribution in [1.29, 1.82) is 0 Å². The third-order valence-corrected chi connectivity index (χ3v) is 12.5. The molecule has 238 valence electrons. The van der Waals surface area contributed by atoms with Crippen LogP contribution in [0.3, 0.4) is 0 Å². The number of thiophene rings is 2. The Labute approximate surface area is 300 Å². The fourth-order valence-corrected chi connectivity index (χ4v) is 9.98. The van der Waals surface area contributed by atoms with Crippen LogP contribution in [0, 0.1) is 0 Å². The Hall–Kier alpha value is -6.14. The van der Waals surface area contributed by atoms with Gasteiger partial charge in [0.25, 0.3) is 0 Å². The summed E-state index contributed by atoms with van der Waals surface area (Å²) in [6.45, 7) is 0. The highest BCUT2D eigenvalue weighted by Gasteiger charge is 2.15. The van der Waals surface area contributed by atoms with Crippen molar-refractivity contribution in [2.24, 2.45) is 0 Å². The first-order valence-electron chi connectivity index (χ1n) is 17.0. The average Bonchev–Trinajstić information content (AvgIpc) is 3.93. The molecule has 8 aromatic carbocycles. The molecule has 0 N–H and O–H groups in total. The minimum Gasteiger partial charge on any atom is -0.416 e. The largest absolute Gasteiger partial charge is 0.416 e. The smallest absolute Gasteiger partial charge is 0.248 e. The van der Waals surface area contributed by atoms with Crippen molar-refractivity contribution < 1.29 is 4.42 Å². The van der Waals surface area contributed by atoms with E-state index in [-0.39, 0.29) is 0 Å². The zero-order valence-electron chi connectivity index (χ0n) is 27.1. The number of nitrogens with zero attached hydrogens (tertiary/aromatic N) is 2. The van der Waals surface area contributed by atoms with Crippen LogP contribution in [-0.2, 0) is 0 Å². The third kappa shape index (κ3) is 4.63. The Balaban J connectivity index is 0.946. The lowest BCUT2D eigenvalue weighted by Crippen LogP contribution is -1.82. The van der Waals surface area contributed by atoms with Crippen LogP contribution in [-0.4, -0.2) is 10.2 Å². The molecule has 0 bridgehead atoms. The lowest BCUT2D eigenvalue weighted by molar-refractivity contribution is 0.585. The Morgan fingerprint density at radius 2 is 0.765 bits per heavy atom. The maximum absolute atomic E-state index is 6.35. The molecule has 0 saturated heterocycles. The van der Waals surface area contributed by atoms with Crippen LogP contribution in [0.1, 0.15) is 0 Å². The maximum Gasteiger partial charge on any atom is 0.248 e. The van der Waals surface area contributed by atoms with E-state index in [9.17, 15) is 0 Å². The molecule has 3 aromatic heterocycles. The second-order valence-electron chi connectivity index (χ2n) is 13.0. The molecule has 0 unspecified atom stereocenters. The molecule has 0 amide bonds. The Morgan fingerprint density at radius 3 is 1.25 bits per heavy atom. The van der Waals surface area contributed by atoms with E-state index >= 15 is 0 Å². The normalized spacial score (nSPS) is 11.9. The summed E-state index contributed by atoms with van der Waals surface area (Å²) in [6.07, 6.45) is 0. The number of fused-ring (bicyclic) bond motifs is 8. The van der Waals surface area contributed by atoms with Crippen LogP contribution >= 0.6 is 22.7 Å². The fourth-order valence-electron chi connectivity index (χ4n) is 7.50. The Morgan fingerprint density at radius 1 is 0.353 bits per heavy atom. The molecule has 3 heterocycles. The summed E-state index contributed by atoms with van der Waals surface area (Å²) in [4.78, 5) is 0. The first kappa shape index (κ1) is 28.7. The zero-order chi connectivity index (χ0) is 33.5. The molecule has 0 aliphatic rings. The van der Waals surface area contributed by atoms with Crippen LogP contribution in [0.15, 0.2) is 162 Å². The van der Waals surface area contributed by atoms with Gasteiger partial charge in [-0.15, -0.1) is 32.9 Å². The molecule has 0 aliphatic heterocycles. The van der Waals surface area contributed by atoms with Gasteiger partial charge in [-0.1, -0.05) is 109 Å². The van der Waals surface area contributed by atoms with Crippen molar-refractivity contribution in [3.8, 4) is 45.2 Å². The molecule has 5 heteroatoms. The van der Waals surface area contributed by atoms with Gasteiger partial charge in [0.05, 0.1) is 0 Å². The quantitative estimate of drug-likeness (QED) is 0.185. The summed E-state index contributed by atoms with van der Waals surface area (Å²) in [5.74, 6) is 1.02. The monoisotopic (exact) mass is 686 g/mol. The third-order valence-electron chi connectivity index (χ3n) is 10.0. The van der Waals surface area contributed by atoms with E-state index in [2.05, 4.69) is 168 Å². The molecule has 11 rings (SSSR count). The lowest BCUT2D eigenvalue weighted by Gasteiger charge is -2.07. The van der Waals surface area contributed by atoms with Crippen molar-refractivity contribution in [2.75, 3.05) is 0 Å². The predicted octanol–water partition coefficient (Wildman–Crippen LogP) is 13.8. The van der Waals surface area contributed by atoms with Crippen LogP contribution in [0.5, 0.6) is 0 Å². The molecule has 0 fully saturated rings. The number of aromatic nitrogens is 2. The molecule has 51 heavy (non-hydrogen) atoms. The molecule has 0 saturated carbocycles. The summed E-state index contributed by atoms with van der Waals surface area (Å²) in [7, 11) is 0. The molecule has 11 aromatic rings. The van der Waals surface area contributed by atoms with Crippen LogP contribution in [0.25, 0.3) is 107 Å². The summed E-state index contributed by atoms with van der Waals surface area (Å²) in [5.41, 5.74) is 6.70. The fraction of sp³-hybridized carbons (Fsp3) is 0. The highest BCUT2D eigenvalue weighted by atomic mass is 32.1. The molecular weight excluding hydrogens is 661 g/mol. The van der Waals surface area contributed by atoms with E-state index in [0.29, 0.717) is 11.8 Å². The summed E-state index contributed by atoms with van der Waals surface area (Å²) < 4.78 is 11.6. The topological polar surface area (TPSA) is 38.9 Å². The predicted molar refractivity (Wildman–Crippen MR) is 217 cm³/mol. The van der Waals surface area contributed by atoms with Gasteiger partial charge in [-0.05, 0) is 92.3 Å². The lowest BCUT2D eigenvalue weighted by atomic mass is 9.98. The van der Waals surface area contributed by atoms with Crippen molar-refractivity contribution >= 4 is 84.6 Å². The van der Waals surface area contributed by atoms with Gasteiger partial charge in [-0.3, -0.25) is 0 Å². The number of benzene rings is 8. The van der Waals surface area contributed by atoms with E-state index in [1.165, 1.54) is 73.4 Å². The minimum atomic E-state index is 0.509. The first-order chi connectivity index (χ1) is 25.2. The minimum absolute atomic E-state index is 0.509. The van der Waals surface area contributed by atoms with Crippen molar-refractivity contribution in [1.82, 2.24) is 10.2 Å². The molecule has 0 spiro atoms. The zero-order valence-corrected chi connectivity index (χ0v) is 28.8. The average molecular weight is 687 g/mol. The van der Waals surface area contributed by atoms with Crippen LogP contribution in [0.2, 0.25) is 0 Å². The second-order valence-corrected chi connectivity index (χ2v) is 15.1. The van der Waals surface area contributed by atoms with Crippen LogP contribution < -0.4 is 0 Å². The molecule has 0 atom stereocenters. The molecular formula is C46H26N2OS2. The SMILES string of the molecule is c1ccc2c(c1)sc1c(-c3ccc4ccc(-c5nnc(-c6ccc7ccc(-c8cccc9c8sc8ccccc89)cc7c6)o5)cc4c3)cccc12. The number of hydrogen-bond acceptors (Lipinski definition) is 5. The first-order valence-corrected chi connectivity index (χ1v) is 18.6. The number of hydrogen-bond donors (Lipinski definition) is 0. The highest BCUT2D eigenvalue weighted by Crippen LogP contribution is 2.42. The van der Waals surface area contributed by atoms with Gasteiger partial charge in [0.15, 0.2) is 0 Å². The van der Waals surface area contributed by atoms with Gasteiger partial charge >= 0.3 is 0 Å². The van der Waals surface area contributed by atoms with Crippen molar-refractivity contribution in [3.05, 3.63) is 158 Å². The van der Waals surface area contributed by atoms with Crippen molar-refractivity contribution in [3.63, 3.8) is 0 Å². The standard InChI is InChI=1S/C46H26N2OS2/c1-3-13-41-37(7-1)39-11-5-9-35(43(39)50-41)29-19-15-27-17-21-31(25-33(27)23-29)45-47-48-46(49-45)32-22-18-28-16-20-30(24-34(28)26-32)36-10-6-12-40-38-8-2-4-14-42(38)51-44(36)40/h1-26H. The highest BCUT2D eigenvalue weighted by molar-refractivity contribution is 7.26. The van der Waals surface area contributed by atoms with E-state index in [1.54, 1.807) is 0 Å². The van der Waals surface area contributed by atoms with E-state index in [4.69, 9.17) is 4.42 Å². The molecule has 3 nitrogen and oxygen atoms in total. The Bertz CT molecular complexity index is 2950. The van der Waals surface area contributed by atoms with Gasteiger partial charge in [0, 0.05) is 51.5 Å². The molecule has 0 radical (unpaired) electrons. The van der Waals surface area contributed by atoms with Gasteiger partial charge < -0.3 is 4.42 Å². The Kier molecular flexibility index (Phi) is 6.29. The summed E-state index contributed by atoms with van der Waals surface area (Å²) in [5, 5.41) is 18.8. The van der Waals surface area contributed by atoms with Gasteiger partial charge in [-0.2, -0.15) is 0 Å². The summed E-state index contributed by atoms with van der Waals surface area (Å²) >= 11 is 3.71. The number of rotatable bonds is 4. The molecule has 0 aliphatic carbocycles. The van der Waals surface area contributed by atoms with E-state index < -0.39 is 0 Å². The van der Waals surface area contributed by atoms with E-state index in [0.717, 1.165) is 21.9 Å². The van der Waals surface area contributed by atoms with Gasteiger partial charge in [0.1, 0.15) is 0 Å². The van der Waals surface area contributed by atoms with Crippen LogP contribution in [0.4, 0.5) is 0 Å². The second kappa shape index (κ2) is 11.2. The van der Waals surface area contributed by atoms with Gasteiger partial charge in [-0.25, -0.2) is 0 Å². The van der Waals surface area contributed by atoms with Gasteiger partial charge in [0.2, 0.25) is 11.8 Å². The van der Waals surface area contributed by atoms with E-state index in [1.807, 2.05) is 22.7 Å². The maximum atomic E-state index is 6.35. The summed E-state index contributed by atoms with van der Waals surface area (Å²) in [6, 6.07) is 56.6.